The molecule has 0 radical (unpaired) electrons. The van der Waals surface area contributed by atoms with Gasteiger partial charge in [-0.15, -0.1) is 0 Å². The SMILES string of the molecule is CCc1c(C(=O)O)noc1CNC(=O)OC(C)(C)C. The van der Waals surface area contributed by atoms with E-state index in [1.807, 2.05) is 0 Å². The number of carboxylic acids is 1. The van der Waals surface area contributed by atoms with Gasteiger partial charge >= 0.3 is 12.1 Å². The van der Waals surface area contributed by atoms with Crippen LogP contribution in [-0.2, 0) is 17.7 Å². The number of rotatable bonds is 4. The van der Waals surface area contributed by atoms with E-state index in [0.29, 0.717) is 17.7 Å². The van der Waals surface area contributed by atoms with Crippen LogP contribution in [-0.4, -0.2) is 27.9 Å². The van der Waals surface area contributed by atoms with Gasteiger partial charge in [-0.3, -0.25) is 0 Å². The number of aromatic carboxylic acids is 1. The van der Waals surface area contributed by atoms with Crippen LogP contribution < -0.4 is 5.32 Å². The molecule has 7 heteroatoms. The lowest BCUT2D eigenvalue weighted by molar-refractivity contribution is 0.0517. The molecule has 0 saturated heterocycles. The maximum atomic E-state index is 11.5. The van der Waals surface area contributed by atoms with Crippen molar-refractivity contribution in [2.75, 3.05) is 0 Å². The minimum Gasteiger partial charge on any atom is -0.476 e. The number of carbonyl (C=O) groups is 2. The number of carbonyl (C=O) groups excluding carboxylic acids is 1. The van der Waals surface area contributed by atoms with Crippen LogP contribution >= 0.6 is 0 Å². The Kier molecular flexibility index (Phi) is 4.52. The van der Waals surface area contributed by atoms with Gasteiger partial charge < -0.3 is 19.7 Å². The lowest BCUT2D eigenvalue weighted by Gasteiger charge is -2.19. The molecule has 0 aliphatic heterocycles. The zero-order chi connectivity index (χ0) is 14.6. The molecular weight excluding hydrogens is 252 g/mol. The second-order valence-corrected chi connectivity index (χ2v) is 4.95. The van der Waals surface area contributed by atoms with Crippen LogP contribution in [0.5, 0.6) is 0 Å². The number of nitrogens with zero attached hydrogens (tertiary/aromatic N) is 1. The first-order chi connectivity index (χ1) is 8.74. The molecule has 0 unspecified atom stereocenters. The van der Waals surface area contributed by atoms with E-state index in [9.17, 15) is 9.59 Å². The maximum absolute atomic E-state index is 11.5. The van der Waals surface area contributed by atoms with Crippen molar-refractivity contribution in [3.8, 4) is 0 Å². The van der Waals surface area contributed by atoms with Crippen molar-refractivity contribution < 1.29 is 24.0 Å². The standard InChI is InChI=1S/C12H18N2O5/c1-5-7-8(19-14-9(7)10(15)16)6-13-11(17)18-12(2,3)4/h5-6H2,1-4H3,(H,13,17)(H,15,16). The number of amides is 1. The molecule has 0 atom stereocenters. The monoisotopic (exact) mass is 270 g/mol. The fourth-order valence-corrected chi connectivity index (χ4v) is 1.48. The Balaban J connectivity index is 2.68. The molecule has 0 fully saturated rings. The predicted molar refractivity (Wildman–Crippen MR) is 65.9 cm³/mol. The third-order valence-corrected chi connectivity index (χ3v) is 2.22. The minimum absolute atomic E-state index is 0.0400. The van der Waals surface area contributed by atoms with Crippen LogP contribution in [0.3, 0.4) is 0 Å². The summed E-state index contributed by atoms with van der Waals surface area (Å²) in [6.07, 6.45) is -0.140. The van der Waals surface area contributed by atoms with Gasteiger partial charge in [0.05, 0.1) is 6.54 Å². The highest BCUT2D eigenvalue weighted by Gasteiger charge is 2.21. The van der Waals surface area contributed by atoms with Gasteiger partial charge in [0.1, 0.15) is 5.60 Å². The van der Waals surface area contributed by atoms with Crippen molar-refractivity contribution in [3.05, 3.63) is 17.0 Å². The molecule has 0 aliphatic rings. The van der Waals surface area contributed by atoms with E-state index < -0.39 is 17.7 Å². The van der Waals surface area contributed by atoms with Crippen LogP contribution in [0, 0.1) is 0 Å². The highest BCUT2D eigenvalue weighted by Crippen LogP contribution is 2.15. The fourth-order valence-electron chi connectivity index (χ4n) is 1.48. The maximum Gasteiger partial charge on any atom is 0.408 e. The molecule has 0 bridgehead atoms. The van der Waals surface area contributed by atoms with Crippen LogP contribution in [0.1, 0.15) is 49.5 Å². The molecular formula is C12H18N2O5. The lowest BCUT2D eigenvalue weighted by atomic mass is 10.1. The molecule has 1 amide bonds. The summed E-state index contributed by atoms with van der Waals surface area (Å²) in [6.45, 7) is 7.08. The van der Waals surface area contributed by atoms with Gasteiger partial charge in [-0.1, -0.05) is 12.1 Å². The van der Waals surface area contributed by atoms with E-state index in [-0.39, 0.29) is 12.2 Å². The van der Waals surface area contributed by atoms with Crippen molar-refractivity contribution >= 4 is 12.1 Å². The van der Waals surface area contributed by atoms with Gasteiger partial charge in [-0.05, 0) is 27.2 Å². The molecule has 1 heterocycles. The summed E-state index contributed by atoms with van der Waals surface area (Å²) in [7, 11) is 0. The highest BCUT2D eigenvalue weighted by atomic mass is 16.6. The van der Waals surface area contributed by atoms with E-state index in [1.165, 1.54) is 0 Å². The predicted octanol–water partition coefficient (Wildman–Crippen LogP) is 1.96. The number of aromatic nitrogens is 1. The first kappa shape index (κ1) is 15.0. The first-order valence-corrected chi connectivity index (χ1v) is 5.92. The molecule has 1 aromatic heterocycles. The van der Waals surface area contributed by atoms with E-state index in [4.69, 9.17) is 14.4 Å². The van der Waals surface area contributed by atoms with E-state index in [0.717, 1.165) is 0 Å². The van der Waals surface area contributed by atoms with Crippen molar-refractivity contribution in [1.82, 2.24) is 10.5 Å². The molecule has 19 heavy (non-hydrogen) atoms. The third kappa shape index (κ3) is 4.27. The third-order valence-electron chi connectivity index (χ3n) is 2.22. The molecule has 0 saturated carbocycles. The Morgan fingerprint density at radius 3 is 2.53 bits per heavy atom. The van der Waals surface area contributed by atoms with Crippen molar-refractivity contribution in [3.63, 3.8) is 0 Å². The summed E-state index contributed by atoms with van der Waals surface area (Å²) in [5.41, 5.74) is -0.238. The number of nitrogens with one attached hydrogen (secondary N) is 1. The second-order valence-electron chi connectivity index (χ2n) is 4.95. The summed E-state index contributed by atoms with van der Waals surface area (Å²) in [6, 6.07) is 0. The average Bonchev–Trinajstić information content (AvgIpc) is 2.66. The van der Waals surface area contributed by atoms with Crippen LogP contribution in [0.25, 0.3) is 0 Å². The van der Waals surface area contributed by atoms with E-state index in [2.05, 4.69) is 10.5 Å². The molecule has 7 nitrogen and oxygen atoms in total. The van der Waals surface area contributed by atoms with Gasteiger partial charge in [-0.2, -0.15) is 0 Å². The lowest BCUT2D eigenvalue weighted by Crippen LogP contribution is -2.32. The average molecular weight is 270 g/mol. The zero-order valence-electron chi connectivity index (χ0n) is 11.4. The van der Waals surface area contributed by atoms with Gasteiger partial charge in [0.2, 0.25) is 0 Å². The second kappa shape index (κ2) is 5.73. The number of alkyl carbamates (subject to hydrolysis) is 1. The summed E-state index contributed by atoms with van der Waals surface area (Å²) < 4.78 is 9.99. The zero-order valence-corrected chi connectivity index (χ0v) is 11.4. The topological polar surface area (TPSA) is 102 Å². The Morgan fingerprint density at radius 2 is 2.05 bits per heavy atom. The van der Waals surface area contributed by atoms with Crippen LogP contribution in [0.4, 0.5) is 4.79 Å². The molecule has 106 valence electrons. The van der Waals surface area contributed by atoms with E-state index in [1.54, 1.807) is 27.7 Å². The Hall–Kier alpha value is -2.05. The van der Waals surface area contributed by atoms with Crippen molar-refractivity contribution in [1.29, 1.82) is 0 Å². The summed E-state index contributed by atoms with van der Waals surface area (Å²) in [4.78, 5) is 22.3. The highest BCUT2D eigenvalue weighted by molar-refractivity contribution is 5.87. The van der Waals surface area contributed by atoms with Crippen LogP contribution in [0.15, 0.2) is 4.52 Å². The normalized spacial score (nSPS) is 11.2. The Labute approximate surface area is 110 Å². The number of hydrogen-bond donors (Lipinski definition) is 2. The van der Waals surface area contributed by atoms with Gasteiger partial charge in [-0.25, -0.2) is 9.59 Å². The quantitative estimate of drug-likeness (QED) is 0.867. The first-order valence-electron chi connectivity index (χ1n) is 5.92. The van der Waals surface area contributed by atoms with Crippen LogP contribution in [0.2, 0.25) is 0 Å². The summed E-state index contributed by atoms with van der Waals surface area (Å²) >= 11 is 0. The van der Waals surface area contributed by atoms with Gasteiger partial charge in [0, 0.05) is 5.56 Å². The summed E-state index contributed by atoms with van der Waals surface area (Å²) in [5.74, 6) is -0.824. The molecule has 1 aromatic rings. The van der Waals surface area contributed by atoms with Gasteiger partial charge in [0.15, 0.2) is 11.5 Å². The number of hydrogen-bond acceptors (Lipinski definition) is 5. The minimum atomic E-state index is -1.15. The molecule has 0 aromatic carbocycles. The molecule has 0 spiro atoms. The molecule has 2 N–H and O–H groups in total. The largest absolute Gasteiger partial charge is 0.476 e. The number of carboxylic acid groups (broad SMARTS) is 1. The van der Waals surface area contributed by atoms with E-state index >= 15 is 0 Å². The number of ether oxygens (including phenoxy) is 1. The summed E-state index contributed by atoms with van der Waals surface area (Å²) in [5, 5.41) is 14.9. The molecule has 1 rings (SSSR count). The van der Waals surface area contributed by atoms with Crippen molar-refractivity contribution in [2.24, 2.45) is 0 Å². The fraction of sp³-hybridized carbons (Fsp3) is 0.583. The van der Waals surface area contributed by atoms with Crippen molar-refractivity contribution in [2.45, 2.75) is 46.3 Å². The Morgan fingerprint density at radius 1 is 1.42 bits per heavy atom. The smallest absolute Gasteiger partial charge is 0.408 e. The Bertz CT molecular complexity index is 473. The van der Waals surface area contributed by atoms with Gasteiger partial charge in [0.25, 0.3) is 0 Å². The molecule has 0 aliphatic carbocycles.